The Labute approximate surface area is 273 Å². The molecule has 5 N–H and O–H groups in total. The molecule has 0 spiro atoms. The standard InChI is InChI=1S/C35H38N8O4/c36-32(25-6-10-29(11-7-25)46-28-4-2-1-3-5-28)31-33(37)38-23-39-34(31)40-26-16-18-42(19-17-26)22-24-14-20-43(21-15-24)35(44)47-30-12-8-27(41-45)9-13-30/h1-13,23-24,26,36H,14-22H2,(H3,37,38,39,40)/p+1. The van der Waals surface area contributed by atoms with E-state index in [2.05, 4.69) is 25.4 Å². The van der Waals surface area contributed by atoms with E-state index in [1.54, 1.807) is 17.0 Å². The Bertz CT molecular complexity index is 1670. The normalized spacial score (nSPS) is 16.0. The molecule has 0 unspecified atom stereocenters. The lowest BCUT2D eigenvalue weighted by atomic mass is 9.95. The number of likely N-dealkylation sites (tertiary alicyclic amines) is 2. The molecule has 0 atom stereocenters. The maximum Gasteiger partial charge on any atom is 0.415 e. The van der Waals surface area contributed by atoms with Gasteiger partial charge in [0.25, 0.3) is 0 Å². The van der Waals surface area contributed by atoms with Gasteiger partial charge in [-0.1, -0.05) is 18.2 Å². The number of carbonyl (C=O) groups excluding carboxylic acids is 1. The number of anilines is 2. The number of nitrogens with two attached hydrogens (primary N) is 2. The van der Waals surface area contributed by atoms with Crippen molar-refractivity contribution in [1.82, 2.24) is 19.8 Å². The molecule has 4 aromatic rings. The summed E-state index contributed by atoms with van der Waals surface area (Å²) >= 11 is 0. The highest BCUT2D eigenvalue weighted by molar-refractivity contribution is 6.14. The number of rotatable bonds is 10. The van der Waals surface area contributed by atoms with Gasteiger partial charge in [-0.3, -0.25) is 5.41 Å². The van der Waals surface area contributed by atoms with Crippen LogP contribution in [0.1, 0.15) is 36.8 Å². The predicted molar refractivity (Wildman–Crippen MR) is 180 cm³/mol. The molecule has 1 aromatic heterocycles. The summed E-state index contributed by atoms with van der Waals surface area (Å²) in [4.78, 5) is 36.2. The van der Waals surface area contributed by atoms with Crippen LogP contribution in [-0.2, 0) is 0 Å². The van der Waals surface area contributed by atoms with Crippen molar-refractivity contribution in [3.05, 3.63) is 101 Å². The second-order valence-electron chi connectivity index (χ2n) is 11.9. The SMILES string of the molecule is Nc1ncnc(NC2CCN(CC3CCN(C(=O)Oc4ccc(N=O)cc4)CC3)CC2)c1C(=[NH2+])c1ccc(Oc2ccccc2)cc1. The number of nitroso groups, excluding NO2 is 1. The molecule has 47 heavy (non-hydrogen) atoms. The van der Waals surface area contributed by atoms with Crippen molar-refractivity contribution in [2.45, 2.75) is 31.7 Å². The van der Waals surface area contributed by atoms with Gasteiger partial charge in [0.2, 0.25) is 5.71 Å². The number of nitrogen functional groups attached to an aromatic ring is 1. The largest absolute Gasteiger partial charge is 0.457 e. The van der Waals surface area contributed by atoms with Crippen molar-refractivity contribution < 1.29 is 19.7 Å². The van der Waals surface area contributed by atoms with Crippen LogP contribution in [0.15, 0.2) is 90.4 Å². The Kier molecular flexibility index (Phi) is 9.97. The van der Waals surface area contributed by atoms with Crippen LogP contribution < -0.4 is 25.9 Å². The number of benzene rings is 3. The van der Waals surface area contributed by atoms with E-state index in [4.69, 9.17) is 20.6 Å². The van der Waals surface area contributed by atoms with Crippen LogP contribution in [0.4, 0.5) is 22.1 Å². The topological polar surface area (TPSA) is 161 Å². The summed E-state index contributed by atoms with van der Waals surface area (Å²) in [6.07, 6.45) is 4.87. The fraction of sp³-hybridized carbons (Fsp3) is 0.314. The number of nitrogens with zero attached hydrogens (tertiary/aromatic N) is 5. The molecule has 6 rings (SSSR count). The molecule has 242 valence electrons. The van der Waals surface area contributed by atoms with E-state index >= 15 is 0 Å². The highest BCUT2D eigenvalue weighted by Crippen LogP contribution is 2.27. The van der Waals surface area contributed by atoms with Crippen LogP contribution in [0.25, 0.3) is 0 Å². The fourth-order valence-electron chi connectivity index (χ4n) is 6.10. The average molecular weight is 636 g/mol. The van der Waals surface area contributed by atoms with Crippen molar-refractivity contribution in [2.24, 2.45) is 11.1 Å². The first-order valence-corrected chi connectivity index (χ1v) is 15.9. The molecular formula is C35H39N8O4+. The Morgan fingerprint density at radius 2 is 1.53 bits per heavy atom. The number of carbonyl (C=O) groups is 1. The first kappa shape index (κ1) is 31.6. The van der Waals surface area contributed by atoms with Crippen LogP contribution in [0.5, 0.6) is 17.2 Å². The lowest BCUT2D eigenvalue weighted by Crippen LogP contribution is -2.46. The van der Waals surface area contributed by atoms with Crippen molar-refractivity contribution in [2.75, 3.05) is 43.8 Å². The summed E-state index contributed by atoms with van der Waals surface area (Å²) in [5.74, 6) is 3.35. The molecule has 2 fully saturated rings. The molecule has 1 amide bonds. The number of aromatic nitrogens is 2. The molecule has 3 heterocycles. The molecule has 3 aromatic carbocycles. The summed E-state index contributed by atoms with van der Waals surface area (Å²) < 4.78 is 11.4. The monoisotopic (exact) mass is 635 g/mol. The smallest absolute Gasteiger partial charge is 0.415 e. The van der Waals surface area contributed by atoms with E-state index in [1.165, 1.54) is 18.5 Å². The first-order chi connectivity index (χ1) is 22.9. The highest BCUT2D eigenvalue weighted by Gasteiger charge is 2.29. The number of amides is 1. The Balaban J connectivity index is 0.973. The van der Waals surface area contributed by atoms with Gasteiger partial charge in [0, 0.05) is 44.3 Å². The second kappa shape index (κ2) is 14.8. The number of piperidine rings is 2. The molecular weight excluding hydrogens is 596 g/mol. The summed E-state index contributed by atoms with van der Waals surface area (Å²) in [6, 6.07) is 23.6. The molecule has 0 radical (unpaired) electrons. The van der Waals surface area contributed by atoms with E-state index in [9.17, 15) is 9.70 Å². The molecule has 0 aliphatic carbocycles. The van der Waals surface area contributed by atoms with Crippen molar-refractivity contribution in [3.63, 3.8) is 0 Å². The minimum Gasteiger partial charge on any atom is -0.457 e. The predicted octanol–water partition coefficient (Wildman–Crippen LogP) is 4.63. The van der Waals surface area contributed by atoms with E-state index < -0.39 is 0 Å². The van der Waals surface area contributed by atoms with Crippen molar-refractivity contribution >= 4 is 29.1 Å². The average Bonchev–Trinajstić information content (AvgIpc) is 3.10. The van der Waals surface area contributed by atoms with Gasteiger partial charge in [-0.2, -0.15) is 0 Å². The molecule has 0 saturated carbocycles. The minimum absolute atomic E-state index is 0.224. The first-order valence-electron chi connectivity index (χ1n) is 15.9. The lowest BCUT2D eigenvalue weighted by Gasteiger charge is -2.37. The third kappa shape index (κ3) is 8.08. The minimum atomic E-state index is -0.362. The summed E-state index contributed by atoms with van der Waals surface area (Å²) in [5, 5.41) is 13.1. The van der Waals surface area contributed by atoms with Gasteiger partial charge in [0.05, 0.1) is 0 Å². The van der Waals surface area contributed by atoms with Gasteiger partial charge < -0.3 is 30.3 Å². The van der Waals surface area contributed by atoms with Gasteiger partial charge in [-0.25, -0.2) is 14.8 Å². The summed E-state index contributed by atoms with van der Waals surface area (Å²) in [6.45, 7) is 4.25. The molecule has 2 aliphatic rings. The molecule has 0 bridgehead atoms. The fourth-order valence-corrected chi connectivity index (χ4v) is 6.10. The van der Waals surface area contributed by atoms with Gasteiger partial charge >= 0.3 is 6.09 Å². The zero-order valence-electron chi connectivity index (χ0n) is 26.1. The number of nitrogens with one attached hydrogen (secondary N) is 1. The Morgan fingerprint density at radius 1 is 0.872 bits per heavy atom. The molecule has 12 nitrogen and oxygen atoms in total. The number of ether oxygens (including phenoxy) is 2. The highest BCUT2D eigenvalue weighted by atomic mass is 16.6. The van der Waals surface area contributed by atoms with Crippen LogP contribution in [-0.4, -0.2) is 70.3 Å². The van der Waals surface area contributed by atoms with Gasteiger partial charge in [-0.15, -0.1) is 4.91 Å². The van der Waals surface area contributed by atoms with Crippen LogP contribution in [0.2, 0.25) is 0 Å². The third-order valence-electron chi connectivity index (χ3n) is 8.76. The summed E-state index contributed by atoms with van der Waals surface area (Å²) in [7, 11) is 0. The van der Waals surface area contributed by atoms with Crippen LogP contribution >= 0.6 is 0 Å². The number of hydrogen-bond donors (Lipinski definition) is 3. The second-order valence-corrected chi connectivity index (χ2v) is 11.9. The van der Waals surface area contributed by atoms with Crippen molar-refractivity contribution in [3.8, 4) is 17.2 Å². The van der Waals surface area contributed by atoms with E-state index in [1.807, 2.05) is 54.6 Å². The quantitative estimate of drug-likeness (QED) is 0.167. The van der Waals surface area contributed by atoms with Gasteiger partial charge in [0.1, 0.15) is 46.5 Å². The molecule has 12 heteroatoms. The van der Waals surface area contributed by atoms with Gasteiger partial charge in [-0.05, 0) is 97.4 Å². The van der Waals surface area contributed by atoms with E-state index in [-0.39, 0.29) is 12.1 Å². The Hall–Kier alpha value is -5.36. The molecule has 2 aliphatic heterocycles. The van der Waals surface area contributed by atoms with Gasteiger partial charge in [0.15, 0.2) is 0 Å². The van der Waals surface area contributed by atoms with Crippen LogP contribution in [0.3, 0.4) is 0 Å². The van der Waals surface area contributed by atoms with Crippen LogP contribution in [0, 0.1) is 10.8 Å². The Morgan fingerprint density at radius 3 is 2.21 bits per heavy atom. The number of para-hydroxylation sites is 1. The summed E-state index contributed by atoms with van der Waals surface area (Å²) in [5.41, 5.74) is 8.53. The third-order valence-corrected chi connectivity index (χ3v) is 8.76. The van der Waals surface area contributed by atoms with E-state index in [0.717, 1.165) is 56.6 Å². The maximum atomic E-state index is 12.6. The zero-order chi connectivity index (χ0) is 32.6. The molecule has 2 saturated heterocycles. The number of hydrogen-bond acceptors (Lipinski definition) is 10. The van der Waals surface area contributed by atoms with Crippen molar-refractivity contribution in [1.29, 1.82) is 0 Å². The maximum absolute atomic E-state index is 12.6. The zero-order valence-corrected chi connectivity index (χ0v) is 26.1. The van der Waals surface area contributed by atoms with E-state index in [0.29, 0.717) is 59.1 Å². The lowest BCUT2D eigenvalue weighted by molar-refractivity contribution is -0.111.